The Hall–Kier alpha value is -1.09. The van der Waals surface area contributed by atoms with Gasteiger partial charge < -0.3 is 9.84 Å². The minimum Gasteiger partial charge on any atom is -0.469 e. The van der Waals surface area contributed by atoms with Crippen LogP contribution in [0.5, 0.6) is 0 Å². The summed E-state index contributed by atoms with van der Waals surface area (Å²) in [5.74, 6) is -0.126. The summed E-state index contributed by atoms with van der Waals surface area (Å²) in [5.41, 5.74) is 0.952. The van der Waals surface area contributed by atoms with Gasteiger partial charge in [0, 0.05) is 0 Å². The zero-order valence-corrected chi connectivity index (χ0v) is 10.7. The van der Waals surface area contributed by atoms with Crippen molar-refractivity contribution < 1.29 is 14.6 Å². The second-order valence-electron chi connectivity index (χ2n) is 5.41. The first-order valence-corrected chi connectivity index (χ1v) is 6.04. The predicted molar refractivity (Wildman–Crippen MR) is 65.2 cm³/mol. The molecule has 0 aromatic carbocycles. The maximum Gasteiger partial charge on any atom is 0.311 e. The Morgan fingerprint density at radius 2 is 2.29 bits per heavy atom. The fourth-order valence-corrected chi connectivity index (χ4v) is 3.32. The molecule has 2 bridgehead atoms. The van der Waals surface area contributed by atoms with E-state index in [-0.39, 0.29) is 11.9 Å². The topological polar surface area (TPSA) is 46.5 Å². The van der Waals surface area contributed by atoms with Crippen molar-refractivity contribution in [2.45, 2.75) is 32.3 Å². The molecule has 0 heterocycles. The lowest BCUT2D eigenvalue weighted by molar-refractivity contribution is -0.160. The molecule has 17 heavy (non-hydrogen) atoms. The van der Waals surface area contributed by atoms with Crippen LogP contribution in [0.4, 0.5) is 0 Å². The van der Waals surface area contributed by atoms with Crippen molar-refractivity contribution in [2.75, 3.05) is 7.11 Å². The number of carbonyl (C=O) groups is 1. The minimum atomic E-state index is -1.04. The number of carbonyl (C=O) groups excluding carboxylic acids is 1. The van der Waals surface area contributed by atoms with Crippen molar-refractivity contribution in [2.24, 2.45) is 17.8 Å². The molecular weight excluding hydrogens is 216 g/mol. The molecule has 0 spiro atoms. The van der Waals surface area contributed by atoms with Crippen LogP contribution in [0.3, 0.4) is 0 Å². The van der Waals surface area contributed by atoms with E-state index in [4.69, 9.17) is 4.74 Å². The second kappa shape index (κ2) is 3.98. The largest absolute Gasteiger partial charge is 0.469 e. The molecule has 3 aliphatic carbocycles. The van der Waals surface area contributed by atoms with Crippen LogP contribution in [-0.2, 0) is 9.53 Å². The molecule has 0 radical (unpaired) electrons. The van der Waals surface area contributed by atoms with Crippen LogP contribution in [-0.4, -0.2) is 23.8 Å². The fraction of sp³-hybridized carbons (Fsp3) is 0.643. The Morgan fingerprint density at radius 3 is 2.82 bits per heavy atom. The number of hydrogen-bond acceptors (Lipinski definition) is 3. The van der Waals surface area contributed by atoms with Crippen molar-refractivity contribution in [1.29, 1.82) is 0 Å². The number of rotatable bonds is 2. The van der Waals surface area contributed by atoms with Crippen LogP contribution in [0, 0.1) is 17.8 Å². The summed E-state index contributed by atoms with van der Waals surface area (Å²) in [7, 11) is 1.38. The average Bonchev–Trinajstić information content (AvgIpc) is 2.28. The van der Waals surface area contributed by atoms with Gasteiger partial charge in [0.2, 0.25) is 0 Å². The number of hydrogen-bond donors (Lipinski definition) is 1. The molecule has 3 aliphatic rings. The third-order valence-corrected chi connectivity index (χ3v) is 4.40. The maximum absolute atomic E-state index is 11.8. The highest BCUT2D eigenvalue weighted by Crippen LogP contribution is 2.52. The van der Waals surface area contributed by atoms with Crippen molar-refractivity contribution in [1.82, 2.24) is 0 Å². The highest BCUT2D eigenvalue weighted by Gasteiger charge is 2.54. The van der Waals surface area contributed by atoms with E-state index in [0.717, 1.165) is 11.1 Å². The molecule has 3 heteroatoms. The summed E-state index contributed by atoms with van der Waals surface area (Å²) in [6.07, 6.45) is 3.36. The smallest absolute Gasteiger partial charge is 0.311 e. The van der Waals surface area contributed by atoms with Crippen molar-refractivity contribution in [3.05, 3.63) is 23.8 Å². The lowest BCUT2D eigenvalue weighted by Gasteiger charge is -2.50. The highest BCUT2D eigenvalue weighted by molar-refractivity contribution is 5.75. The molecular formula is C14H20O3. The molecule has 3 rings (SSSR count). The van der Waals surface area contributed by atoms with Crippen LogP contribution >= 0.6 is 0 Å². The van der Waals surface area contributed by atoms with Crippen LogP contribution in [0.15, 0.2) is 23.8 Å². The van der Waals surface area contributed by atoms with Gasteiger partial charge in [-0.1, -0.05) is 18.2 Å². The Morgan fingerprint density at radius 1 is 1.65 bits per heavy atom. The summed E-state index contributed by atoms with van der Waals surface area (Å²) in [6.45, 7) is 7.88. The second-order valence-corrected chi connectivity index (χ2v) is 5.41. The van der Waals surface area contributed by atoms with Crippen molar-refractivity contribution in [3.63, 3.8) is 0 Å². The quantitative estimate of drug-likeness (QED) is 0.589. The van der Waals surface area contributed by atoms with E-state index in [0.29, 0.717) is 18.8 Å². The first-order valence-electron chi connectivity index (χ1n) is 6.04. The number of fused-ring (bicyclic) bond motifs is 2. The molecule has 0 amide bonds. The Balaban J connectivity index is 2.36. The normalized spacial score (nSPS) is 39.8. The molecule has 1 N–H and O–H groups in total. The van der Waals surface area contributed by atoms with Crippen LogP contribution in [0.1, 0.15) is 26.7 Å². The predicted octanol–water partition coefficient (Wildman–Crippen LogP) is 2.07. The standard InChI is InChI=1S/C14H20O3/c1-8(2)11-7-14(16)9(3)5-10(11)6-12(14)13(15)17-4/h5,10-12,16H,1,6-7H2,2-4H3/t10-,11+,12-,14-/m0/s1. The molecule has 4 atom stereocenters. The van der Waals surface area contributed by atoms with Gasteiger partial charge in [-0.3, -0.25) is 4.79 Å². The number of ether oxygens (including phenoxy) is 1. The summed E-state index contributed by atoms with van der Waals surface area (Å²) >= 11 is 0. The van der Waals surface area contributed by atoms with Crippen molar-refractivity contribution >= 4 is 5.97 Å². The van der Waals surface area contributed by atoms with Gasteiger partial charge in [-0.25, -0.2) is 0 Å². The van der Waals surface area contributed by atoms with Crippen molar-refractivity contribution in [3.8, 4) is 0 Å². The lowest BCUT2D eigenvalue weighted by Crippen LogP contribution is -2.54. The fourth-order valence-electron chi connectivity index (χ4n) is 3.32. The van der Waals surface area contributed by atoms with Gasteiger partial charge in [0.15, 0.2) is 0 Å². The summed E-state index contributed by atoms with van der Waals surface area (Å²) in [6, 6.07) is 0. The molecule has 1 fully saturated rings. The van der Waals surface area contributed by atoms with Crippen LogP contribution in [0.2, 0.25) is 0 Å². The molecule has 0 saturated heterocycles. The molecule has 1 saturated carbocycles. The van der Waals surface area contributed by atoms with E-state index < -0.39 is 11.5 Å². The van der Waals surface area contributed by atoms with E-state index in [1.54, 1.807) is 0 Å². The van der Waals surface area contributed by atoms with Crippen LogP contribution in [0.25, 0.3) is 0 Å². The van der Waals surface area contributed by atoms with Crippen LogP contribution < -0.4 is 0 Å². The number of aliphatic hydroxyl groups is 1. The number of methoxy groups -OCH3 is 1. The molecule has 0 aromatic heterocycles. The van der Waals surface area contributed by atoms with Gasteiger partial charge in [0.1, 0.15) is 0 Å². The van der Waals surface area contributed by atoms with Gasteiger partial charge in [0.25, 0.3) is 0 Å². The zero-order chi connectivity index (χ0) is 12.8. The van der Waals surface area contributed by atoms with Gasteiger partial charge in [-0.2, -0.15) is 0 Å². The average molecular weight is 236 g/mol. The summed E-state index contributed by atoms with van der Waals surface area (Å²) < 4.78 is 4.80. The van der Waals surface area contributed by atoms with Gasteiger partial charge in [-0.05, 0) is 44.1 Å². The maximum atomic E-state index is 11.8. The third-order valence-electron chi connectivity index (χ3n) is 4.40. The van der Waals surface area contributed by atoms with E-state index in [1.807, 2.05) is 13.8 Å². The van der Waals surface area contributed by atoms with Gasteiger partial charge >= 0.3 is 5.97 Å². The van der Waals surface area contributed by atoms with Gasteiger partial charge in [0.05, 0.1) is 18.6 Å². The first kappa shape index (κ1) is 12.4. The van der Waals surface area contributed by atoms with E-state index in [1.165, 1.54) is 7.11 Å². The molecule has 0 unspecified atom stereocenters. The lowest BCUT2D eigenvalue weighted by atomic mass is 9.57. The Bertz CT molecular complexity index is 396. The third kappa shape index (κ3) is 1.73. The molecule has 94 valence electrons. The first-order chi connectivity index (χ1) is 7.90. The molecule has 3 nitrogen and oxygen atoms in total. The van der Waals surface area contributed by atoms with E-state index in [2.05, 4.69) is 12.7 Å². The Kier molecular flexibility index (Phi) is 2.90. The summed E-state index contributed by atoms with van der Waals surface area (Å²) in [5, 5.41) is 10.8. The zero-order valence-electron chi connectivity index (χ0n) is 10.7. The van der Waals surface area contributed by atoms with Gasteiger partial charge in [-0.15, -0.1) is 0 Å². The minimum absolute atomic E-state index is 0.282. The number of allylic oxidation sites excluding steroid dienone is 2. The number of esters is 1. The molecule has 0 aromatic rings. The summed E-state index contributed by atoms with van der Waals surface area (Å²) in [4.78, 5) is 11.8. The monoisotopic (exact) mass is 236 g/mol. The SMILES string of the molecule is C=C(C)[C@H]1C[C@]2(O)C(C)=C[C@H]1C[C@H]2C(=O)OC. The van der Waals surface area contributed by atoms with E-state index >= 15 is 0 Å². The Labute approximate surface area is 102 Å². The molecule has 0 aliphatic heterocycles. The highest BCUT2D eigenvalue weighted by atomic mass is 16.5. The van der Waals surface area contributed by atoms with E-state index in [9.17, 15) is 9.90 Å².